The molecule has 1 aromatic carbocycles. The first kappa shape index (κ1) is 21.4. The molecule has 0 saturated heterocycles. The van der Waals surface area contributed by atoms with Crippen LogP contribution in [0.2, 0.25) is 0 Å². The van der Waals surface area contributed by atoms with E-state index in [0.717, 1.165) is 5.56 Å². The molecule has 148 valence electrons. The molecule has 1 aliphatic rings. The monoisotopic (exact) mass is 388 g/mol. The Morgan fingerprint density at radius 3 is 2.79 bits per heavy atom. The molecule has 0 spiro atoms. The van der Waals surface area contributed by atoms with E-state index in [-0.39, 0.29) is 19.4 Å². The number of hydrogen-bond donors (Lipinski definition) is 1. The molecule has 0 heterocycles. The van der Waals surface area contributed by atoms with Crippen molar-refractivity contribution in [2.45, 2.75) is 31.5 Å². The number of alkyl halides is 1. The molecular weight excluding hydrogens is 366 g/mol. The molecule has 0 aromatic heterocycles. The van der Waals surface area contributed by atoms with Gasteiger partial charge in [0, 0.05) is 19.4 Å². The number of hydrogen-bond acceptors (Lipinski definition) is 3. The van der Waals surface area contributed by atoms with Crippen molar-refractivity contribution in [3.05, 3.63) is 66.0 Å². The number of halogens is 2. The lowest BCUT2D eigenvalue weighted by Crippen LogP contribution is -2.26. The molecule has 1 aliphatic carbocycles. The van der Waals surface area contributed by atoms with Crippen LogP contribution >= 0.6 is 0 Å². The van der Waals surface area contributed by atoms with Crippen LogP contribution in [0.1, 0.15) is 18.9 Å². The summed E-state index contributed by atoms with van der Waals surface area (Å²) in [5.74, 6) is 4.02. The zero-order chi connectivity index (χ0) is 20.4. The SMILES string of the molecule is CCO[C@@H](Cc1ccc(OCC=CC#CC2(F)C=CC=C(F)C2)cc1)C(=O)O. The highest BCUT2D eigenvalue weighted by atomic mass is 19.1. The number of carboxylic acid groups (broad SMARTS) is 1. The third-order valence-corrected chi connectivity index (χ3v) is 3.88. The fourth-order valence-corrected chi connectivity index (χ4v) is 2.52. The van der Waals surface area contributed by atoms with Gasteiger partial charge in [-0.15, -0.1) is 0 Å². The van der Waals surface area contributed by atoms with Gasteiger partial charge in [-0.1, -0.05) is 30.0 Å². The van der Waals surface area contributed by atoms with Crippen molar-refractivity contribution < 1.29 is 28.2 Å². The Balaban J connectivity index is 1.80. The van der Waals surface area contributed by atoms with E-state index in [1.165, 1.54) is 24.3 Å². The van der Waals surface area contributed by atoms with E-state index >= 15 is 0 Å². The van der Waals surface area contributed by atoms with Crippen LogP contribution in [-0.2, 0) is 16.0 Å². The maximum atomic E-state index is 14.2. The Bertz CT molecular complexity index is 815. The summed E-state index contributed by atoms with van der Waals surface area (Å²) in [6, 6.07) is 7.02. The maximum Gasteiger partial charge on any atom is 0.333 e. The second-order valence-corrected chi connectivity index (χ2v) is 6.12. The van der Waals surface area contributed by atoms with Crippen LogP contribution in [0.25, 0.3) is 0 Å². The standard InChI is InChI=1S/C22H22F2O4/c1-2-27-20(21(25)26)15-17-8-10-19(11-9-17)28-14-5-3-4-12-22(24)13-6-7-18(23)16-22/h3,5-11,13,20H,2,14-16H2,1H3,(H,25,26)/t20-,22?/m0/s1. The van der Waals surface area contributed by atoms with Gasteiger partial charge in [0.1, 0.15) is 18.2 Å². The molecule has 2 atom stereocenters. The predicted octanol–water partition coefficient (Wildman–Crippen LogP) is 4.18. The van der Waals surface area contributed by atoms with E-state index in [9.17, 15) is 13.6 Å². The number of allylic oxidation sites excluding steroid dienone is 5. The molecule has 0 bridgehead atoms. The molecule has 6 heteroatoms. The lowest BCUT2D eigenvalue weighted by molar-refractivity contribution is -0.149. The predicted molar refractivity (Wildman–Crippen MR) is 102 cm³/mol. The van der Waals surface area contributed by atoms with Gasteiger partial charge in [0.2, 0.25) is 0 Å². The van der Waals surface area contributed by atoms with Crippen LogP contribution in [0.5, 0.6) is 5.75 Å². The van der Waals surface area contributed by atoms with Crippen molar-refractivity contribution in [1.29, 1.82) is 0 Å². The van der Waals surface area contributed by atoms with Crippen LogP contribution in [0.15, 0.2) is 60.5 Å². The summed E-state index contributed by atoms with van der Waals surface area (Å²) in [5, 5.41) is 9.10. The minimum Gasteiger partial charge on any atom is -0.490 e. The largest absolute Gasteiger partial charge is 0.490 e. The quantitative estimate of drug-likeness (QED) is 0.679. The van der Waals surface area contributed by atoms with Gasteiger partial charge in [-0.05, 0) is 48.9 Å². The Hall–Kier alpha value is -2.91. The minimum absolute atomic E-state index is 0.230. The second-order valence-electron chi connectivity index (χ2n) is 6.12. The van der Waals surface area contributed by atoms with Crippen molar-refractivity contribution >= 4 is 5.97 Å². The number of benzene rings is 1. The Kier molecular flexibility index (Phi) is 7.97. The van der Waals surface area contributed by atoms with E-state index in [1.54, 1.807) is 37.3 Å². The third kappa shape index (κ3) is 7.01. The van der Waals surface area contributed by atoms with Gasteiger partial charge in [0.15, 0.2) is 11.8 Å². The molecule has 0 amide bonds. The molecule has 1 unspecified atom stereocenters. The van der Waals surface area contributed by atoms with Crippen molar-refractivity contribution in [2.75, 3.05) is 13.2 Å². The highest BCUT2D eigenvalue weighted by molar-refractivity contribution is 5.72. The Labute approximate surface area is 163 Å². The van der Waals surface area contributed by atoms with Gasteiger partial charge in [0.05, 0.1) is 0 Å². The first-order valence-corrected chi connectivity index (χ1v) is 8.88. The molecule has 0 fully saturated rings. The van der Waals surface area contributed by atoms with Crippen LogP contribution < -0.4 is 4.74 Å². The van der Waals surface area contributed by atoms with Crippen molar-refractivity contribution in [3.8, 4) is 17.6 Å². The number of rotatable bonds is 8. The highest BCUT2D eigenvalue weighted by Crippen LogP contribution is 2.26. The molecule has 0 aliphatic heterocycles. The fourth-order valence-electron chi connectivity index (χ4n) is 2.52. The summed E-state index contributed by atoms with van der Waals surface area (Å²) >= 11 is 0. The number of carboxylic acids is 1. The van der Waals surface area contributed by atoms with E-state index in [2.05, 4.69) is 11.8 Å². The molecule has 0 saturated carbocycles. The lowest BCUT2D eigenvalue weighted by atomic mass is 9.97. The fraction of sp³-hybridized carbons (Fsp3) is 0.318. The van der Waals surface area contributed by atoms with E-state index in [4.69, 9.17) is 14.6 Å². The number of aliphatic carboxylic acids is 1. The van der Waals surface area contributed by atoms with Crippen LogP contribution in [0.4, 0.5) is 8.78 Å². The summed E-state index contributed by atoms with van der Waals surface area (Å²) in [6.07, 6.45) is 5.87. The first-order chi connectivity index (χ1) is 13.4. The molecule has 4 nitrogen and oxygen atoms in total. The maximum absolute atomic E-state index is 14.2. The Morgan fingerprint density at radius 2 is 2.14 bits per heavy atom. The molecule has 1 aromatic rings. The zero-order valence-corrected chi connectivity index (χ0v) is 15.5. The first-order valence-electron chi connectivity index (χ1n) is 8.88. The van der Waals surface area contributed by atoms with Crippen molar-refractivity contribution in [1.82, 2.24) is 0 Å². The molecule has 28 heavy (non-hydrogen) atoms. The van der Waals surface area contributed by atoms with E-state index in [0.29, 0.717) is 12.4 Å². The summed E-state index contributed by atoms with van der Waals surface area (Å²) in [5.41, 5.74) is -1.15. The summed E-state index contributed by atoms with van der Waals surface area (Å²) in [6.45, 7) is 2.31. The number of ether oxygens (including phenoxy) is 2. The van der Waals surface area contributed by atoms with E-state index in [1.807, 2.05) is 0 Å². The second kappa shape index (κ2) is 10.4. The number of carbonyl (C=O) groups is 1. The van der Waals surface area contributed by atoms with Crippen LogP contribution in [-0.4, -0.2) is 36.1 Å². The Morgan fingerprint density at radius 1 is 1.39 bits per heavy atom. The molecule has 1 N–H and O–H groups in total. The van der Waals surface area contributed by atoms with Gasteiger partial charge >= 0.3 is 5.97 Å². The summed E-state index contributed by atoms with van der Waals surface area (Å²) < 4.78 is 38.0. The van der Waals surface area contributed by atoms with Crippen LogP contribution in [0, 0.1) is 11.8 Å². The van der Waals surface area contributed by atoms with Gasteiger partial charge in [-0.3, -0.25) is 0 Å². The molecule has 2 rings (SSSR count). The topological polar surface area (TPSA) is 55.8 Å². The molecular formula is C22H22F2O4. The average Bonchev–Trinajstić information content (AvgIpc) is 2.65. The smallest absolute Gasteiger partial charge is 0.333 e. The summed E-state index contributed by atoms with van der Waals surface area (Å²) in [4.78, 5) is 11.1. The van der Waals surface area contributed by atoms with Gasteiger partial charge in [-0.25, -0.2) is 13.6 Å². The summed E-state index contributed by atoms with van der Waals surface area (Å²) in [7, 11) is 0. The molecule has 0 radical (unpaired) electrons. The minimum atomic E-state index is -1.98. The van der Waals surface area contributed by atoms with Gasteiger partial charge < -0.3 is 14.6 Å². The average molecular weight is 388 g/mol. The van der Waals surface area contributed by atoms with E-state index < -0.39 is 23.6 Å². The van der Waals surface area contributed by atoms with Crippen molar-refractivity contribution in [3.63, 3.8) is 0 Å². The highest BCUT2D eigenvalue weighted by Gasteiger charge is 2.27. The lowest BCUT2D eigenvalue weighted by Gasteiger charge is -2.15. The third-order valence-electron chi connectivity index (χ3n) is 3.88. The van der Waals surface area contributed by atoms with Crippen LogP contribution in [0.3, 0.4) is 0 Å². The van der Waals surface area contributed by atoms with Gasteiger partial charge in [-0.2, -0.15) is 0 Å². The normalized spacial score (nSPS) is 19.6. The zero-order valence-electron chi connectivity index (χ0n) is 15.5. The van der Waals surface area contributed by atoms with Crippen molar-refractivity contribution in [2.24, 2.45) is 0 Å². The van der Waals surface area contributed by atoms with Gasteiger partial charge in [0.25, 0.3) is 0 Å².